The summed E-state index contributed by atoms with van der Waals surface area (Å²) in [5.41, 5.74) is 2.07. The Bertz CT molecular complexity index is 876. The molecular weight excluding hydrogens is 480 g/mol. The van der Waals surface area contributed by atoms with Gasteiger partial charge in [-0.3, -0.25) is 4.79 Å². The number of carbonyl (C=O) groups is 2. The lowest BCUT2D eigenvalue weighted by atomic mass is 10.1. The van der Waals surface area contributed by atoms with Gasteiger partial charge in [-0.05, 0) is 35.4 Å². The van der Waals surface area contributed by atoms with E-state index in [2.05, 4.69) is 31.9 Å². The minimum absolute atomic E-state index is 0.0615. The number of benzene rings is 2. The maximum Gasteiger partial charge on any atom is 0.321 e. The van der Waals surface area contributed by atoms with Gasteiger partial charge in [0.25, 0.3) is 0 Å². The zero-order valence-corrected chi connectivity index (χ0v) is 17.8. The number of urea groups is 1. The van der Waals surface area contributed by atoms with Gasteiger partial charge in [0.2, 0.25) is 5.12 Å². The molecule has 0 saturated carbocycles. The van der Waals surface area contributed by atoms with Crippen LogP contribution in [0.1, 0.15) is 11.1 Å². The van der Waals surface area contributed by atoms with Crippen molar-refractivity contribution in [3.63, 3.8) is 0 Å². The molecule has 134 valence electrons. The average Bonchev–Trinajstić information content (AvgIpc) is 3.09. The van der Waals surface area contributed by atoms with Gasteiger partial charge in [0.1, 0.15) is 6.04 Å². The van der Waals surface area contributed by atoms with E-state index in [1.807, 2.05) is 53.4 Å². The number of thioether (sulfide) groups is 1. The van der Waals surface area contributed by atoms with Crippen LogP contribution in [0.25, 0.3) is 0 Å². The fourth-order valence-corrected chi connectivity index (χ4v) is 5.58. The van der Waals surface area contributed by atoms with E-state index in [4.69, 9.17) is 0 Å². The molecule has 2 amide bonds. The summed E-state index contributed by atoms with van der Waals surface area (Å²) >= 11 is 8.28. The number of hydrogen-bond acceptors (Lipinski definition) is 3. The van der Waals surface area contributed by atoms with E-state index >= 15 is 0 Å². The van der Waals surface area contributed by atoms with Gasteiger partial charge in [-0.2, -0.15) is 0 Å². The van der Waals surface area contributed by atoms with Gasteiger partial charge >= 0.3 is 6.03 Å². The topological polar surface area (TPSA) is 40.6 Å². The number of fused-ring (bicyclic) bond motifs is 1. The normalized spacial score (nSPS) is 22.2. The molecule has 26 heavy (non-hydrogen) atoms. The minimum atomic E-state index is -0.362. The van der Waals surface area contributed by atoms with E-state index < -0.39 is 0 Å². The van der Waals surface area contributed by atoms with Gasteiger partial charge in [-0.1, -0.05) is 67.9 Å². The average molecular weight is 496 g/mol. The van der Waals surface area contributed by atoms with E-state index in [1.165, 1.54) is 11.8 Å². The lowest BCUT2D eigenvalue weighted by Gasteiger charge is -2.22. The van der Waals surface area contributed by atoms with E-state index in [0.717, 1.165) is 20.1 Å². The molecule has 0 spiro atoms. The number of hydrogen-bond donors (Lipinski definition) is 0. The van der Waals surface area contributed by atoms with Crippen LogP contribution >= 0.6 is 43.6 Å². The summed E-state index contributed by atoms with van der Waals surface area (Å²) in [4.78, 5) is 29.1. The SMILES string of the molecule is O=C1SCC2C1N(Cc1cccc(Br)c1)C(=O)N2Cc1cccc(Br)c1. The maximum absolute atomic E-state index is 13.1. The molecule has 0 aromatic heterocycles. The Balaban J connectivity index is 1.61. The second kappa shape index (κ2) is 7.37. The van der Waals surface area contributed by atoms with Crippen molar-refractivity contribution in [2.75, 3.05) is 5.75 Å². The van der Waals surface area contributed by atoms with Gasteiger partial charge < -0.3 is 9.80 Å². The first kappa shape index (κ1) is 18.1. The zero-order chi connectivity index (χ0) is 18.3. The fourth-order valence-electron chi connectivity index (χ4n) is 3.54. The highest BCUT2D eigenvalue weighted by Gasteiger charge is 2.52. The van der Waals surface area contributed by atoms with Crippen molar-refractivity contribution in [1.29, 1.82) is 0 Å². The minimum Gasteiger partial charge on any atom is -0.314 e. The van der Waals surface area contributed by atoms with Crippen molar-refractivity contribution >= 4 is 54.8 Å². The molecule has 2 unspecified atom stereocenters. The number of rotatable bonds is 4. The van der Waals surface area contributed by atoms with E-state index in [9.17, 15) is 9.59 Å². The summed E-state index contributed by atoms with van der Waals surface area (Å²) in [7, 11) is 0. The second-order valence-corrected chi connectivity index (χ2v) is 9.30. The summed E-state index contributed by atoms with van der Waals surface area (Å²) in [5, 5.41) is 0.0927. The molecular formula is C19H16Br2N2O2S. The Morgan fingerprint density at radius 3 is 2.08 bits per heavy atom. The number of amides is 2. The van der Waals surface area contributed by atoms with Crippen molar-refractivity contribution < 1.29 is 9.59 Å². The van der Waals surface area contributed by atoms with Crippen LogP contribution in [0.4, 0.5) is 4.79 Å². The highest BCUT2D eigenvalue weighted by atomic mass is 79.9. The quantitative estimate of drug-likeness (QED) is 0.579. The highest BCUT2D eigenvalue weighted by Crippen LogP contribution is 2.37. The molecule has 4 rings (SSSR count). The molecule has 2 aliphatic rings. The molecule has 2 aromatic rings. The molecule has 0 bridgehead atoms. The Hall–Kier alpha value is -1.31. The third kappa shape index (κ3) is 3.44. The first-order chi connectivity index (χ1) is 12.5. The van der Waals surface area contributed by atoms with Crippen molar-refractivity contribution in [3.05, 3.63) is 68.6 Å². The van der Waals surface area contributed by atoms with Crippen molar-refractivity contribution in [2.24, 2.45) is 0 Å². The first-order valence-corrected chi connectivity index (χ1v) is 10.8. The fraction of sp³-hybridized carbons (Fsp3) is 0.263. The van der Waals surface area contributed by atoms with E-state index in [1.54, 1.807) is 4.90 Å². The van der Waals surface area contributed by atoms with Crippen LogP contribution in [-0.2, 0) is 17.9 Å². The van der Waals surface area contributed by atoms with Crippen LogP contribution in [0.2, 0.25) is 0 Å². The summed E-state index contributed by atoms with van der Waals surface area (Å²) in [6.07, 6.45) is 0. The molecule has 0 radical (unpaired) electrons. The third-order valence-corrected chi connectivity index (χ3v) is 6.73. The largest absolute Gasteiger partial charge is 0.321 e. The molecule has 2 atom stereocenters. The lowest BCUT2D eigenvalue weighted by Crippen LogP contribution is -2.38. The maximum atomic E-state index is 13.1. The Kier molecular flexibility index (Phi) is 5.12. The summed E-state index contributed by atoms with van der Waals surface area (Å²) in [6.45, 7) is 0.961. The molecule has 0 aliphatic carbocycles. The highest BCUT2D eigenvalue weighted by molar-refractivity contribution is 9.10. The van der Waals surface area contributed by atoms with Gasteiger partial charge in [0.15, 0.2) is 0 Å². The van der Waals surface area contributed by atoms with Crippen molar-refractivity contribution in [3.8, 4) is 0 Å². The molecule has 4 nitrogen and oxygen atoms in total. The Morgan fingerprint density at radius 2 is 1.50 bits per heavy atom. The van der Waals surface area contributed by atoms with Gasteiger partial charge in [0.05, 0.1) is 6.04 Å². The Labute approximate surface area is 173 Å². The van der Waals surface area contributed by atoms with Crippen molar-refractivity contribution in [1.82, 2.24) is 9.80 Å². The van der Waals surface area contributed by atoms with Crippen LogP contribution in [0, 0.1) is 0 Å². The van der Waals surface area contributed by atoms with Crippen LogP contribution in [0.15, 0.2) is 57.5 Å². The van der Waals surface area contributed by atoms with E-state index in [-0.39, 0.29) is 23.2 Å². The van der Waals surface area contributed by atoms with Crippen LogP contribution in [-0.4, -0.2) is 38.8 Å². The molecule has 0 N–H and O–H groups in total. The summed E-state index contributed by atoms with van der Waals surface area (Å²) < 4.78 is 1.96. The zero-order valence-electron chi connectivity index (χ0n) is 13.8. The molecule has 7 heteroatoms. The monoisotopic (exact) mass is 494 g/mol. The second-order valence-electron chi connectivity index (χ2n) is 6.44. The van der Waals surface area contributed by atoms with E-state index in [0.29, 0.717) is 18.8 Å². The lowest BCUT2D eigenvalue weighted by molar-refractivity contribution is -0.114. The third-order valence-electron chi connectivity index (χ3n) is 4.71. The van der Waals surface area contributed by atoms with Crippen molar-refractivity contribution in [2.45, 2.75) is 25.2 Å². The molecule has 2 aromatic carbocycles. The molecule has 2 saturated heterocycles. The molecule has 2 aliphatic heterocycles. The predicted molar refractivity (Wildman–Crippen MR) is 110 cm³/mol. The Morgan fingerprint density at radius 1 is 0.923 bits per heavy atom. The molecule has 2 fully saturated rings. The molecule has 2 heterocycles. The van der Waals surface area contributed by atoms with Crippen LogP contribution in [0.3, 0.4) is 0 Å². The number of carbonyl (C=O) groups excluding carboxylic acids is 2. The van der Waals surface area contributed by atoms with Gasteiger partial charge in [-0.15, -0.1) is 0 Å². The van der Waals surface area contributed by atoms with Crippen LogP contribution < -0.4 is 0 Å². The summed E-state index contributed by atoms with van der Waals surface area (Å²) in [6, 6.07) is 15.3. The number of halogens is 2. The van der Waals surface area contributed by atoms with Crippen LogP contribution in [0.5, 0.6) is 0 Å². The predicted octanol–water partition coefficient (Wildman–Crippen LogP) is 4.66. The standard InChI is InChI=1S/C19H16Br2N2O2S/c20-14-5-1-3-12(7-14)9-22-16-11-26-18(24)17(16)23(19(22)25)10-13-4-2-6-15(21)8-13/h1-8,16-17H,9-11H2. The summed E-state index contributed by atoms with van der Waals surface area (Å²) in [5.74, 6) is 0.665. The smallest absolute Gasteiger partial charge is 0.314 e. The van der Waals surface area contributed by atoms with Gasteiger partial charge in [-0.25, -0.2) is 4.79 Å². The number of nitrogens with zero attached hydrogens (tertiary/aromatic N) is 2. The van der Waals surface area contributed by atoms with Gasteiger partial charge in [0, 0.05) is 27.8 Å². The first-order valence-electron chi connectivity index (χ1n) is 8.26.